The van der Waals surface area contributed by atoms with Gasteiger partial charge in [0.25, 0.3) is 5.89 Å². The predicted molar refractivity (Wildman–Crippen MR) is 106 cm³/mol. The number of hydrogen-bond donors (Lipinski definition) is 1. The van der Waals surface area contributed by atoms with Crippen LogP contribution >= 0.6 is 0 Å². The van der Waals surface area contributed by atoms with E-state index >= 15 is 0 Å². The van der Waals surface area contributed by atoms with Crippen LogP contribution in [0.3, 0.4) is 0 Å². The average molecular weight is 362 g/mol. The number of aromatic amines is 1. The Morgan fingerprint density at radius 3 is 2.70 bits per heavy atom. The van der Waals surface area contributed by atoms with Crippen LogP contribution in [0.15, 0.2) is 29.3 Å². The molecule has 140 valence electrons. The first-order chi connectivity index (χ1) is 12.9. The average Bonchev–Trinajstić information content (AvgIpc) is 3.23. The first-order valence-corrected chi connectivity index (χ1v) is 9.49. The molecular weight excluding hydrogens is 336 g/mol. The number of benzene rings is 1. The zero-order valence-corrected chi connectivity index (χ0v) is 16.5. The molecule has 0 fully saturated rings. The maximum Gasteiger partial charge on any atom is 0.279 e. The minimum atomic E-state index is 0.305. The second kappa shape index (κ2) is 6.48. The van der Waals surface area contributed by atoms with E-state index in [9.17, 15) is 0 Å². The summed E-state index contributed by atoms with van der Waals surface area (Å²) in [6, 6.07) is 4.23. The van der Waals surface area contributed by atoms with Crippen LogP contribution in [0, 0.1) is 19.3 Å². The van der Waals surface area contributed by atoms with Gasteiger partial charge in [-0.1, -0.05) is 25.1 Å². The van der Waals surface area contributed by atoms with Crippen LogP contribution in [-0.4, -0.2) is 20.3 Å². The normalized spacial score (nSPS) is 15.6. The Labute approximate surface area is 159 Å². The molecule has 1 aliphatic carbocycles. The lowest BCUT2D eigenvalue weighted by molar-refractivity contribution is 0.312. The number of aryl methyl sites for hydroxylation is 2. The molecule has 1 aromatic carbocycles. The van der Waals surface area contributed by atoms with Crippen LogP contribution in [0.2, 0.25) is 0 Å². The molecule has 0 spiro atoms. The van der Waals surface area contributed by atoms with Gasteiger partial charge in [0.05, 0.1) is 0 Å². The maximum atomic E-state index is 5.58. The second-order valence-corrected chi connectivity index (χ2v) is 8.37. The molecule has 0 aliphatic heterocycles. The third-order valence-electron chi connectivity index (χ3n) is 5.59. The van der Waals surface area contributed by atoms with Crippen molar-refractivity contribution < 1.29 is 4.52 Å². The first kappa shape index (κ1) is 17.7. The monoisotopic (exact) mass is 362 g/mol. The van der Waals surface area contributed by atoms with Crippen LogP contribution in [0.4, 0.5) is 0 Å². The third kappa shape index (κ3) is 3.22. The van der Waals surface area contributed by atoms with Crippen molar-refractivity contribution in [1.82, 2.24) is 20.3 Å². The van der Waals surface area contributed by atoms with E-state index in [4.69, 9.17) is 4.52 Å². The second-order valence-electron chi connectivity index (χ2n) is 8.37. The van der Waals surface area contributed by atoms with Crippen molar-refractivity contribution in [2.75, 3.05) is 0 Å². The largest absolute Gasteiger partial charge is 0.332 e. The molecule has 1 aliphatic rings. The number of nitrogens with zero attached hydrogens (tertiary/aromatic N) is 3. The lowest BCUT2D eigenvalue weighted by atomic mass is 9.76. The number of nitrogens with one attached hydrogen (secondary N) is 1. The Morgan fingerprint density at radius 2 is 2.00 bits per heavy atom. The lowest BCUT2D eigenvalue weighted by Crippen LogP contribution is -2.21. The van der Waals surface area contributed by atoms with E-state index in [0.717, 1.165) is 36.9 Å². The van der Waals surface area contributed by atoms with Crippen LogP contribution < -0.4 is 0 Å². The summed E-state index contributed by atoms with van der Waals surface area (Å²) in [7, 11) is 0. The first-order valence-electron chi connectivity index (χ1n) is 9.49. The zero-order valence-electron chi connectivity index (χ0n) is 16.5. The summed E-state index contributed by atoms with van der Waals surface area (Å²) < 4.78 is 5.58. The Morgan fingerprint density at radius 1 is 1.26 bits per heavy atom. The van der Waals surface area contributed by atoms with Crippen molar-refractivity contribution in [3.05, 3.63) is 52.7 Å². The predicted octanol–water partition coefficient (Wildman–Crippen LogP) is 4.99. The third-order valence-corrected chi connectivity index (χ3v) is 5.59. The van der Waals surface area contributed by atoms with Crippen molar-refractivity contribution in [3.8, 4) is 23.0 Å². The quantitative estimate of drug-likeness (QED) is 0.664. The molecule has 1 N–H and O–H groups in total. The van der Waals surface area contributed by atoms with Crippen LogP contribution in [0.5, 0.6) is 0 Å². The van der Waals surface area contributed by atoms with Gasteiger partial charge in [-0.15, -0.1) is 6.58 Å². The summed E-state index contributed by atoms with van der Waals surface area (Å²) in [4.78, 5) is 4.64. The maximum absolute atomic E-state index is 5.58. The van der Waals surface area contributed by atoms with Crippen LogP contribution in [-0.2, 0) is 19.3 Å². The molecule has 4 rings (SSSR count). The summed E-state index contributed by atoms with van der Waals surface area (Å²) in [6.45, 7) is 12.7. The standard InChI is InChI=1S/C22H26N4O/c1-6-7-16-13(2)10-15(11-14(16)3)20-23-21(27-26-20)19-17-8-9-22(4,5)12-18(17)24-25-19/h6,10-11H,1,7-9,12H2,2-5H3,(H,24,25). The molecule has 2 heterocycles. The lowest BCUT2D eigenvalue weighted by Gasteiger charge is -2.28. The van der Waals surface area contributed by atoms with Gasteiger partial charge < -0.3 is 4.52 Å². The molecular formula is C22H26N4O. The highest BCUT2D eigenvalue weighted by Gasteiger charge is 2.30. The zero-order chi connectivity index (χ0) is 19.2. The highest BCUT2D eigenvalue weighted by Crippen LogP contribution is 2.37. The minimum Gasteiger partial charge on any atom is -0.332 e. The van der Waals surface area contributed by atoms with Gasteiger partial charge in [0.1, 0.15) is 0 Å². The Bertz CT molecular complexity index is 986. The van der Waals surface area contributed by atoms with E-state index in [2.05, 4.69) is 66.7 Å². The van der Waals surface area contributed by atoms with E-state index in [-0.39, 0.29) is 0 Å². The van der Waals surface area contributed by atoms with E-state index in [1.807, 2.05) is 6.08 Å². The highest BCUT2D eigenvalue weighted by atomic mass is 16.5. The highest BCUT2D eigenvalue weighted by molar-refractivity contribution is 5.63. The molecule has 0 radical (unpaired) electrons. The molecule has 0 saturated heterocycles. The molecule has 0 unspecified atom stereocenters. The van der Waals surface area contributed by atoms with Gasteiger partial charge in [-0.3, -0.25) is 5.10 Å². The van der Waals surface area contributed by atoms with Crippen LogP contribution in [0.25, 0.3) is 23.0 Å². The summed E-state index contributed by atoms with van der Waals surface area (Å²) in [5.74, 6) is 1.10. The molecule has 2 aromatic heterocycles. The van der Waals surface area contributed by atoms with Crippen molar-refractivity contribution in [2.45, 2.75) is 53.4 Å². The number of allylic oxidation sites excluding steroid dienone is 1. The Balaban J connectivity index is 1.68. The van der Waals surface area contributed by atoms with Gasteiger partial charge >= 0.3 is 0 Å². The SMILES string of the molecule is C=CCc1c(C)cc(-c2noc(-c3n[nH]c4c3CCC(C)(C)C4)n2)cc1C. The number of H-pyrrole nitrogens is 1. The van der Waals surface area contributed by atoms with Crippen molar-refractivity contribution in [2.24, 2.45) is 5.41 Å². The fourth-order valence-electron chi connectivity index (χ4n) is 4.05. The molecule has 5 nitrogen and oxygen atoms in total. The van der Waals surface area contributed by atoms with Gasteiger partial charge in [-0.2, -0.15) is 10.1 Å². The summed E-state index contributed by atoms with van der Waals surface area (Å²) in [5, 5.41) is 11.9. The molecule has 0 bridgehead atoms. The van der Waals surface area contributed by atoms with Gasteiger partial charge in [0.15, 0.2) is 5.69 Å². The molecule has 3 aromatic rings. The minimum absolute atomic E-state index is 0.305. The smallest absolute Gasteiger partial charge is 0.279 e. The fraction of sp³-hybridized carbons (Fsp3) is 0.409. The van der Waals surface area contributed by atoms with E-state index in [1.54, 1.807) is 0 Å². The molecule has 27 heavy (non-hydrogen) atoms. The Hall–Kier alpha value is -2.69. The van der Waals surface area contributed by atoms with Crippen LogP contribution in [0.1, 0.15) is 48.2 Å². The van der Waals surface area contributed by atoms with E-state index in [0.29, 0.717) is 17.1 Å². The van der Waals surface area contributed by atoms with Crippen molar-refractivity contribution >= 4 is 0 Å². The molecule has 0 atom stereocenters. The van der Waals surface area contributed by atoms with E-state index in [1.165, 1.54) is 27.9 Å². The Kier molecular flexibility index (Phi) is 4.25. The number of fused-ring (bicyclic) bond motifs is 1. The van der Waals surface area contributed by atoms with Crippen molar-refractivity contribution in [3.63, 3.8) is 0 Å². The molecule has 5 heteroatoms. The van der Waals surface area contributed by atoms with Gasteiger partial charge in [-0.05, 0) is 73.8 Å². The van der Waals surface area contributed by atoms with Crippen molar-refractivity contribution in [1.29, 1.82) is 0 Å². The summed E-state index contributed by atoms with van der Waals surface area (Å²) >= 11 is 0. The molecule has 0 amide bonds. The van der Waals surface area contributed by atoms with Gasteiger partial charge in [-0.25, -0.2) is 0 Å². The summed E-state index contributed by atoms with van der Waals surface area (Å²) in [6.07, 6.45) is 5.92. The number of rotatable bonds is 4. The summed E-state index contributed by atoms with van der Waals surface area (Å²) in [5.41, 5.74) is 8.24. The molecule has 0 saturated carbocycles. The topological polar surface area (TPSA) is 67.6 Å². The number of aromatic nitrogens is 4. The fourth-order valence-corrected chi connectivity index (χ4v) is 4.05. The number of hydrogen-bond acceptors (Lipinski definition) is 4. The van der Waals surface area contributed by atoms with Gasteiger partial charge in [0, 0.05) is 16.8 Å². The van der Waals surface area contributed by atoms with Gasteiger partial charge in [0.2, 0.25) is 5.82 Å². The van der Waals surface area contributed by atoms with E-state index < -0.39 is 0 Å².